The normalized spacial score (nSPS) is 10.7. The van der Waals surface area contributed by atoms with Gasteiger partial charge in [0.2, 0.25) is 0 Å². The van der Waals surface area contributed by atoms with Crippen molar-refractivity contribution in [2.45, 2.75) is 12.8 Å². The summed E-state index contributed by atoms with van der Waals surface area (Å²) in [5, 5.41) is 9.09. The molecule has 0 bridgehead atoms. The number of halogens is 1. The Morgan fingerprint density at radius 3 is 2.77 bits per heavy atom. The Balaban J connectivity index is 2.21. The topological polar surface area (TPSA) is 82.6 Å². The van der Waals surface area contributed by atoms with Crippen molar-refractivity contribution in [2.75, 3.05) is 20.7 Å². The van der Waals surface area contributed by atoms with Gasteiger partial charge in [-0.3, -0.25) is 9.59 Å². The number of amides is 1. The molecule has 0 unspecified atom stereocenters. The lowest BCUT2D eigenvalue weighted by Gasteiger charge is -2.15. The summed E-state index contributed by atoms with van der Waals surface area (Å²) < 4.78 is 18.9. The Hall–Kier alpha value is -2.57. The monoisotopic (exact) mass is 308 g/mol. The minimum atomic E-state index is -0.904. The molecule has 0 spiro atoms. The van der Waals surface area contributed by atoms with E-state index in [9.17, 15) is 14.0 Å². The SMILES string of the molecule is COc1ccc(F)c2[nH]c(C(=O)N(C)CCCC(=O)O)cc12. The van der Waals surface area contributed by atoms with E-state index in [1.165, 1.54) is 30.2 Å². The number of aliphatic carboxylic acids is 1. The van der Waals surface area contributed by atoms with Gasteiger partial charge in [0.15, 0.2) is 0 Å². The smallest absolute Gasteiger partial charge is 0.303 e. The van der Waals surface area contributed by atoms with Gasteiger partial charge >= 0.3 is 5.97 Å². The zero-order chi connectivity index (χ0) is 16.3. The van der Waals surface area contributed by atoms with Crippen molar-refractivity contribution in [3.05, 3.63) is 29.7 Å². The highest BCUT2D eigenvalue weighted by Gasteiger charge is 2.17. The number of carbonyl (C=O) groups is 2. The van der Waals surface area contributed by atoms with Gasteiger partial charge in [-0.2, -0.15) is 0 Å². The van der Waals surface area contributed by atoms with Crippen LogP contribution in [0.5, 0.6) is 5.75 Å². The Kier molecular flexibility index (Phi) is 4.65. The van der Waals surface area contributed by atoms with Gasteiger partial charge in [0.25, 0.3) is 5.91 Å². The van der Waals surface area contributed by atoms with Crippen LogP contribution in [-0.2, 0) is 4.79 Å². The second kappa shape index (κ2) is 6.46. The molecule has 0 aliphatic heterocycles. The third kappa shape index (κ3) is 3.19. The number of rotatable bonds is 6. The van der Waals surface area contributed by atoms with Crippen molar-refractivity contribution < 1.29 is 23.8 Å². The second-order valence-corrected chi connectivity index (χ2v) is 4.95. The first-order valence-corrected chi connectivity index (χ1v) is 6.76. The highest BCUT2D eigenvalue weighted by atomic mass is 19.1. The number of carbonyl (C=O) groups excluding carboxylic acids is 1. The molecule has 7 heteroatoms. The van der Waals surface area contributed by atoms with Gasteiger partial charge in [-0.05, 0) is 24.6 Å². The molecule has 2 N–H and O–H groups in total. The molecule has 1 heterocycles. The van der Waals surface area contributed by atoms with Crippen LogP contribution in [0.1, 0.15) is 23.3 Å². The standard InChI is InChI=1S/C15H17FN2O4/c1-18(7-3-4-13(19)20)15(21)11-8-9-12(22-2)6-5-10(16)14(9)17-11/h5-6,8,17H,3-4,7H2,1-2H3,(H,19,20). The lowest BCUT2D eigenvalue weighted by molar-refractivity contribution is -0.137. The Bertz CT molecular complexity index is 711. The van der Waals surface area contributed by atoms with E-state index in [1.54, 1.807) is 7.05 Å². The lowest BCUT2D eigenvalue weighted by atomic mass is 10.2. The summed E-state index contributed by atoms with van der Waals surface area (Å²) in [6.07, 6.45) is 0.349. The number of methoxy groups -OCH3 is 1. The number of fused-ring (bicyclic) bond motifs is 1. The summed E-state index contributed by atoms with van der Waals surface area (Å²) in [4.78, 5) is 26.9. The van der Waals surface area contributed by atoms with E-state index in [1.807, 2.05) is 0 Å². The van der Waals surface area contributed by atoms with Crippen LogP contribution in [0.4, 0.5) is 4.39 Å². The minimum absolute atomic E-state index is 0.00717. The quantitative estimate of drug-likeness (QED) is 0.857. The van der Waals surface area contributed by atoms with Gasteiger partial charge in [0, 0.05) is 25.4 Å². The fourth-order valence-corrected chi connectivity index (χ4v) is 2.23. The average molecular weight is 308 g/mol. The molecule has 0 saturated heterocycles. The minimum Gasteiger partial charge on any atom is -0.496 e. The lowest BCUT2D eigenvalue weighted by Crippen LogP contribution is -2.28. The van der Waals surface area contributed by atoms with Crippen molar-refractivity contribution in [1.82, 2.24) is 9.88 Å². The molecule has 0 aliphatic rings. The van der Waals surface area contributed by atoms with Crippen LogP contribution < -0.4 is 4.74 Å². The van der Waals surface area contributed by atoms with Crippen LogP contribution in [-0.4, -0.2) is 47.6 Å². The molecule has 1 aromatic heterocycles. The molecule has 0 saturated carbocycles. The molecule has 1 aromatic carbocycles. The largest absolute Gasteiger partial charge is 0.496 e. The summed E-state index contributed by atoms with van der Waals surface area (Å²) in [5.74, 6) is -1.23. The predicted molar refractivity (Wildman–Crippen MR) is 78.6 cm³/mol. The summed E-state index contributed by atoms with van der Waals surface area (Å²) in [5.41, 5.74) is 0.442. The summed E-state index contributed by atoms with van der Waals surface area (Å²) in [6.45, 7) is 0.306. The molecule has 2 rings (SSSR count). The fraction of sp³-hybridized carbons (Fsp3) is 0.333. The number of carboxylic acids is 1. The fourth-order valence-electron chi connectivity index (χ4n) is 2.23. The van der Waals surface area contributed by atoms with E-state index in [0.717, 1.165) is 0 Å². The molecular weight excluding hydrogens is 291 g/mol. The van der Waals surface area contributed by atoms with Crippen LogP contribution in [0.25, 0.3) is 10.9 Å². The predicted octanol–water partition coefficient (Wildman–Crippen LogP) is 2.25. The van der Waals surface area contributed by atoms with Gasteiger partial charge in [-0.25, -0.2) is 4.39 Å². The summed E-state index contributed by atoms with van der Waals surface area (Å²) in [7, 11) is 3.04. The average Bonchev–Trinajstić information content (AvgIpc) is 2.92. The molecule has 0 aliphatic carbocycles. The first-order valence-electron chi connectivity index (χ1n) is 6.76. The molecule has 22 heavy (non-hydrogen) atoms. The maximum absolute atomic E-state index is 13.8. The van der Waals surface area contributed by atoms with E-state index in [-0.39, 0.29) is 23.5 Å². The number of aromatic nitrogens is 1. The molecule has 0 atom stereocenters. The zero-order valence-corrected chi connectivity index (χ0v) is 12.4. The number of aromatic amines is 1. The van der Waals surface area contributed by atoms with Crippen LogP contribution in [0.3, 0.4) is 0 Å². The molecule has 1 amide bonds. The van der Waals surface area contributed by atoms with E-state index in [4.69, 9.17) is 9.84 Å². The summed E-state index contributed by atoms with van der Waals surface area (Å²) in [6, 6.07) is 4.30. The van der Waals surface area contributed by atoms with Crippen molar-refractivity contribution in [3.63, 3.8) is 0 Å². The van der Waals surface area contributed by atoms with Crippen LogP contribution in [0.2, 0.25) is 0 Å². The highest BCUT2D eigenvalue weighted by Crippen LogP contribution is 2.28. The number of carboxylic acid groups (broad SMARTS) is 1. The van der Waals surface area contributed by atoms with Crippen molar-refractivity contribution in [2.24, 2.45) is 0 Å². The Labute approximate surface area is 126 Å². The van der Waals surface area contributed by atoms with Crippen molar-refractivity contribution in [1.29, 1.82) is 0 Å². The Morgan fingerprint density at radius 2 is 2.14 bits per heavy atom. The van der Waals surface area contributed by atoms with Gasteiger partial charge in [0.05, 0.1) is 12.6 Å². The second-order valence-electron chi connectivity index (χ2n) is 4.95. The van der Waals surface area contributed by atoms with E-state index in [0.29, 0.717) is 24.1 Å². The van der Waals surface area contributed by atoms with Crippen LogP contribution in [0.15, 0.2) is 18.2 Å². The van der Waals surface area contributed by atoms with Gasteiger partial charge < -0.3 is 19.7 Å². The van der Waals surface area contributed by atoms with E-state index >= 15 is 0 Å². The van der Waals surface area contributed by atoms with Crippen LogP contribution >= 0.6 is 0 Å². The zero-order valence-electron chi connectivity index (χ0n) is 12.4. The van der Waals surface area contributed by atoms with Gasteiger partial charge in [-0.1, -0.05) is 0 Å². The number of benzene rings is 1. The summed E-state index contributed by atoms with van der Waals surface area (Å²) >= 11 is 0. The molecule has 6 nitrogen and oxygen atoms in total. The van der Waals surface area contributed by atoms with Crippen molar-refractivity contribution in [3.8, 4) is 5.75 Å². The van der Waals surface area contributed by atoms with Gasteiger partial charge in [0.1, 0.15) is 17.3 Å². The number of H-pyrrole nitrogens is 1. The Morgan fingerprint density at radius 1 is 1.41 bits per heavy atom. The molecule has 0 radical (unpaired) electrons. The third-order valence-electron chi connectivity index (χ3n) is 3.38. The highest BCUT2D eigenvalue weighted by molar-refractivity contribution is 5.99. The van der Waals surface area contributed by atoms with E-state index in [2.05, 4.69) is 4.98 Å². The van der Waals surface area contributed by atoms with Crippen molar-refractivity contribution >= 4 is 22.8 Å². The van der Waals surface area contributed by atoms with E-state index < -0.39 is 11.8 Å². The third-order valence-corrected chi connectivity index (χ3v) is 3.38. The first-order chi connectivity index (χ1) is 10.4. The molecule has 0 fully saturated rings. The number of nitrogens with one attached hydrogen (secondary N) is 1. The molecular formula is C15H17FN2O4. The maximum atomic E-state index is 13.8. The van der Waals surface area contributed by atoms with Gasteiger partial charge in [-0.15, -0.1) is 0 Å². The first kappa shape index (κ1) is 15.8. The number of ether oxygens (including phenoxy) is 1. The van der Waals surface area contributed by atoms with Crippen LogP contribution in [0, 0.1) is 5.82 Å². The number of hydrogen-bond acceptors (Lipinski definition) is 3. The molecule has 2 aromatic rings. The maximum Gasteiger partial charge on any atom is 0.303 e. The molecule has 118 valence electrons. The number of nitrogens with zero attached hydrogens (tertiary/aromatic N) is 1. The number of hydrogen-bond donors (Lipinski definition) is 2.